The maximum absolute atomic E-state index is 12.4. The number of carbonyl (C=O) groups is 1. The zero-order valence-electron chi connectivity index (χ0n) is 16.7. The van der Waals surface area contributed by atoms with Crippen LogP contribution in [0.25, 0.3) is 0 Å². The molecule has 3 heteroatoms. The molecule has 2 aromatic carbocycles. The first-order valence-electron chi connectivity index (χ1n) is 10.5. The quantitative estimate of drug-likeness (QED) is 0.294. The first-order chi connectivity index (χ1) is 13.3. The molecule has 0 aliphatic rings. The molecule has 1 radical (unpaired) electrons. The molecule has 2 nitrogen and oxygen atoms in total. The van der Waals surface area contributed by atoms with E-state index in [9.17, 15) is 4.79 Å². The number of unbranched alkanes of at least 4 members (excludes halogenated alkanes) is 8. The van der Waals surface area contributed by atoms with Gasteiger partial charge in [-0.2, -0.15) is 0 Å². The fourth-order valence-corrected chi connectivity index (χ4v) is 8.60. The van der Waals surface area contributed by atoms with E-state index in [2.05, 4.69) is 31.2 Å². The van der Waals surface area contributed by atoms with E-state index in [0.717, 1.165) is 12.8 Å². The molecule has 0 N–H and O–H groups in total. The molecule has 2 rings (SSSR count). The zero-order chi connectivity index (χ0) is 19.2. The molecule has 0 heterocycles. The van der Waals surface area contributed by atoms with Crippen molar-refractivity contribution in [2.45, 2.75) is 71.1 Å². The van der Waals surface area contributed by atoms with Crippen molar-refractivity contribution in [1.82, 2.24) is 0 Å². The van der Waals surface area contributed by atoms with E-state index >= 15 is 0 Å². The summed E-state index contributed by atoms with van der Waals surface area (Å²) in [6, 6.07) is 20.6. The first kappa shape index (κ1) is 22.0. The molecule has 2 aromatic rings. The molecule has 0 atom stereocenters. The molecule has 0 aliphatic carbocycles. The summed E-state index contributed by atoms with van der Waals surface area (Å²) in [6.07, 6.45) is 11.9. The molecule has 0 unspecified atom stereocenters. The van der Waals surface area contributed by atoms with Gasteiger partial charge in [0.1, 0.15) is 0 Å². The minimum absolute atomic E-state index is 0.0138. The summed E-state index contributed by atoms with van der Waals surface area (Å²) in [6.45, 7) is 2.25. The van der Waals surface area contributed by atoms with E-state index in [1.807, 2.05) is 36.4 Å². The third kappa shape index (κ3) is 8.96. The van der Waals surface area contributed by atoms with Gasteiger partial charge in [0.2, 0.25) is 0 Å². The Kier molecular flexibility index (Phi) is 11.3. The fourth-order valence-electron chi connectivity index (χ4n) is 3.21. The van der Waals surface area contributed by atoms with Crippen molar-refractivity contribution in [3.8, 4) is 0 Å². The summed E-state index contributed by atoms with van der Waals surface area (Å²) in [5.74, 6) is -0.0138. The predicted octanol–water partition coefficient (Wildman–Crippen LogP) is 5.26. The molecule has 0 aromatic heterocycles. The van der Waals surface area contributed by atoms with Gasteiger partial charge in [0.05, 0.1) is 0 Å². The van der Waals surface area contributed by atoms with Gasteiger partial charge in [0, 0.05) is 0 Å². The predicted molar refractivity (Wildman–Crippen MR) is 116 cm³/mol. The first-order valence-corrected chi connectivity index (χ1v) is 14.5. The molecule has 145 valence electrons. The van der Waals surface area contributed by atoms with Gasteiger partial charge in [-0.3, -0.25) is 0 Å². The Bertz CT molecular complexity index is 588. The second-order valence-electron chi connectivity index (χ2n) is 7.11. The standard InChI is InChI=1S/C12H24O2.2C6H5.Sn/c1-2-3-4-5-6-7-8-9-10-11-12(13)14;2*1-2-4-6-5-3-1;/h2-11H2,1H3,(H,13,14);2*1-5H;/q;;;+1/p-1. The van der Waals surface area contributed by atoms with E-state index in [0.29, 0.717) is 6.42 Å². The topological polar surface area (TPSA) is 26.3 Å². The molecule has 0 spiro atoms. The van der Waals surface area contributed by atoms with Gasteiger partial charge in [-0.1, -0.05) is 6.92 Å². The zero-order valence-corrected chi connectivity index (χ0v) is 19.5. The Morgan fingerprint density at radius 2 is 1.15 bits per heavy atom. The number of hydrogen-bond acceptors (Lipinski definition) is 2. The van der Waals surface area contributed by atoms with Gasteiger partial charge in [-0.05, 0) is 0 Å². The molecule has 0 saturated heterocycles. The van der Waals surface area contributed by atoms with Gasteiger partial charge in [-0.15, -0.1) is 0 Å². The summed E-state index contributed by atoms with van der Waals surface area (Å²) in [5.41, 5.74) is 0. The van der Waals surface area contributed by atoms with E-state index in [4.69, 9.17) is 3.07 Å². The summed E-state index contributed by atoms with van der Waals surface area (Å²) in [4.78, 5) is 12.4. The SMILES string of the molecule is CCCCCCCCCCCC(=O)[O][Sn]([c]1ccccc1)[c]1ccccc1. The Balaban J connectivity index is 1.73. The normalized spacial score (nSPS) is 10.9. The second-order valence-corrected chi connectivity index (χ2v) is 12.9. The van der Waals surface area contributed by atoms with Crippen molar-refractivity contribution in [2.24, 2.45) is 0 Å². The van der Waals surface area contributed by atoms with E-state index in [-0.39, 0.29) is 5.97 Å². The fraction of sp³-hybridized carbons (Fsp3) is 0.458. The van der Waals surface area contributed by atoms with E-state index in [1.54, 1.807) is 0 Å². The van der Waals surface area contributed by atoms with E-state index < -0.39 is 20.2 Å². The Morgan fingerprint density at radius 1 is 0.704 bits per heavy atom. The van der Waals surface area contributed by atoms with Gasteiger partial charge in [-0.25, -0.2) is 0 Å². The number of carbonyl (C=O) groups excluding carboxylic acids is 1. The summed E-state index contributed by atoms with van der Waals surface area (Å²) >= 11 is -2.61. The molecular weight excluding hydrogens is 439 g/mol. The Hall–Kier alpha value is -1.29. The molecule has 0 bridgehead atoms. The second kappa shape index (κ2) is 13.8. The summed E-state index contributed by atoms with van der Waals surface area (Å²) < 4.78 is 8.48. The Labute approximate surface area is 172 Å². The molecule has 0 amide bonds. The van der Waals surface area contributed by atoms with Crippen LogP contribution in [0.1, 0.15) is 71.1 Å². The molecule has 27 heavy (non-hydrogen) atoms. The van der Waals surface area contributed by atoms with Crippen molar-refractivity contribution in [3.63, 3.8) is 0 Å². The average Bonchev–Trinajstić information content (AvgIpc) is 2.72. The van der Waals surface area contributed by atoms with Crippen LogP contribution in [0.2, 0.25) is 0 Å². The van der Waals surface area contributed by atoms with Gasteiger partial charge >= 0.3 is 166 Å². The van der Waals surface area contributed by atoms with Gasteiger partial charge in [0.15, 0.2) is 0 Å². The van der Waals surface area contributed by atoms with Crippen molar-refractivity contribution in [3.05, 3.63) is 60.7 Å². The van der Waals surface area contributed by atoms with Crippen molar-refractivity contribution >= 4 is 33.3 Å². The van der Waals surface area contributed by atoms with Crippen LogP contribution in [0.3, 0.4) is 0 Å². The molecular formula is C24H33O2Sn. The average molecular weight is 472 g/mol. The van der Waals surface area contributed by atoms with E-state index in [1.165, 1.54) is 52.1 Å². The van der Waals surface area contributed by atoms with Crippen molar-refractivity contribution in [1.29, 1.82) is 0 Å². The van der Waals surface area contributed by atoms with Crippen LogP contribution in [0.15, 0.2) is 60.7 Å². The van der Waals surface area contributed by atoms with Crippen LogP contribution in [0.4, 0.5) is 0 Å². The van der Waals surface area contributed by atoms with Gasteiger partial charge in [0.25, 0.3) is 0 Å². The summed E-state index contributed by atoms with van der Waals surface area (Å²) in [7, 11) is 0. The van der Waals surface area contributed by atoms with Crippen LogP contribution < -0.4 is 7.16 Å². The third-order valence-electron chi connectivity index (χ3n) is 4.77. The minimum atomic E-state index is -2.61. The van der Waals surface area contributed by atoms with Crippen molar-refractivity contribution in [2.75, 3.05) is 0 Å². The number of hydrogen-bond donors (Lipinski definition) is 0. The van der Waals surface area contributed by atoms with Crippen LogP contribution in [0.5, 0.6) is 0 Å². The third-order valence-corrected chi connectivity index (χ3v) is 10.9. The van der Waals surface area contributed by atoms with Crippen LogP contribution in [0, 0.1) is 0 Å². The Morgan fingerprint density at radius 3 is 1.63 bits per heavy atom. The molecule has 0 aliphatic heterocycles. The van der Waals surface area contributed by atoms with Crippen LogP contribution in [-0.4, -0.2) is 26.1 Å². The molecule has 0 saturated carbocycles. The van der Waals surface area contributed by atoms with Crippen LogP contribution in [-0.2, 0) is 7.87 Å². The number of rotatable bonds is 13. The van der Waals surface area contributed by atoms with Gasteiger partial charge < -0.3 is 0 Å². The summed E-state index contributed by atoms with van der Waals surface area (Å²) in [5, 5.41) is 0. The van der Waals surface area contributed by atoms with Crippen molar-refractivity contribution < 1.29 is 7.87 Å². The van der Waals surface area contributed by atoms with Crippen LogP contribution >= 0.6 is 0 Å². The molecule has 0 fully saturated rings. The number of benzene rings is 2. The monoisotopic (exact) mass is 473 g/mol. The maximum atomic E-state index is 12.4.